The van der Waals surface area contributed by atoms with Gasteiger partial charge in [-0.05, 0) is 37.1 Å². The summed E-state index contributed by atoms with van der Waals surface area (Å²) in [5.41, 5.74) is 0.926. The number of anilines is 1. The minimum Gasteiger partial charge on any atom is -0.358 e. The largest absolute Gasteiger partial charge is 0.358 e. The smallest absolute Gasteiger partial charge is 0.332 e. The summed E-state index contributed by atoms with van der Waals surface area (Å²) in [7, 11) is 0. The molecule has 0 aromatic carbocycles. The van der Waals surface area contributed by atoms with Gasteiger partial charge in [-0.3, -0.25) is 15.1 Å². The molecule has 0 saturated carbocycles. The first-order valence-corrected chi connectivity index (χ1v) is 6.22. The van der Waals surface area contributed by atoms with E-state index in [1.807, 2.05) is 13.0 Å². The van der Waals surface area contributed by atoms with E-state index in [0.717, 1.165) is 5.56 Å². The van der Waals surface area contributed by atoms with Crippen LogP contribution in [0.5, 0.6) is 0 Å². The van der Waals surface area contributed by atoms with Crippen LogP contribution in [0.2, 0.25) is 5.28 Å². The topological polar surface area (TPSA) is 93.8 Å². The Morgan fingerprint density at radius 3 is 2.80 bits per heavy atom. The van der Waals surface area contributed by atoms with Crippen LogP contribution in [0.3, 0.4) is 0 Å². The van der Waals surface area contributed by atoms with E-state index < -0.39 is 4.92 Å². The number of nitro groups is 1. The summed E-state index contributed by atoms with van der Waals surface area (Å²) in [6.45, 7) is 3.37. The molecule has 0 aliphatic carbocycles. The Hall–Kier alpha value is -2.28. The molecule has 20 heavy (non-hydrogen) atoms. The first-order chi connectivity index (χ1) is 9.49. The number of halogens is 1. The number of aryl methyl sites for hydroxylation is 1. The summed E-state index contributed by atoms with van der Waals surface area (Å²) in [5.74, 6) is 0.101. The molecule has 2 rings (SSSR count). The van der Waals surface area contributed by atoms with Crippen molar-refractivity contribution < 1.29 is 4.92 Å². The zero-order valence-electron chi connectivity index (χ0n) is 10.9. The van der Waals surface area contributed by atoms with Crippen LogP contribution < -0.4 is 5.32 Å². The van der Waals surface area contributed by atoms with Gasteiger partial charge in [0.1, 0.15) is 5.69 Å². The third-order valence-corrected chi connectivity index (χ3v) is 2.92. The van der Waals surface area contributed by atoms with Gasteiger partial charge in [0, 0.05) is 12.4 Å². The zero-order valence-corrected chi connectivity index (χ0v) is 11.6. The SMILES string of the molecule is Cc1nc(Cl)nc(NC(C)c2cccnc2)c1[N+](=O)[O-]. The fraction of sp³-hybridized carbons (Fsp3) is 0.250. The van der Waals surface area contributed by atoms with Crippen molar-refractivity contribution in [3.63, 3.8) is 0 Å². The number of nitrogens with zero attached hydrogens (tertiary/aromatic N) is 4. The second-order valence-electron chi connectivity index (χ2n) is 4.18. The van der Waals surface area contributed by atoms with Gasteiger partial charge >= 0.3 is 5.69 Å². The molecule has 0 aliphatic heterocycles. The quantitative estimate of drug-likeness (QED) is 0.529. The Labute approximate surface area is 120 Å². The maximum atomic E-state index is 11.1. The van der Waals surface area contributed by atoms with E-state index in [4.69, 9.17) is 11.6 Å². The third-order valence-electron chi connectivity index (χ3n) is 2.75. The Kier molecular flexibility index (Phi) is 4.09. The Morgan fingerprint density at radius 2 is 2.20 bits per heavy atom. The highest BCUT2D eigenvalue weighted by Crippen LogP contribution is 2.29. The van der Waals surface area contributed by atoms with E-state index in [2.05, 4.69) is 20.3 Å². The predicted molar refractivity (Wildman–Crippen MR) is 74.7 cm³/mol. The second-order valence-corrected chi connectivity index (χ2v) is 4.52. The maximum absolute atomic E-state index is 11.1. The van der Waals surface area contributed by atoms with Gasteiger partial charge in [-0.25, -0.2) is 4.98 Å². The molecule has 0 amide bonds. The lowest BCUT2D eigenvalue weighted by Gasteiger charge is -2.15. The second kappa shape index (κ2) is 5.79. The molecule has 1 N–H and O–H groups in total. The lowest BCUT2D eigenvalue weighted by Crippen LogP contribution is -2.11. The minimum atomic E-state index is -0.524. The average Bonchev–Trinajstić information content (AvgIpc) is 2.38. The van der Waals surface area contributed by atoms with Crippen molar-refractivity contribution in [1.82, 2.24) is 15.0 Å². The highest BCUT2D eigenvalue weighted by atomic mass is 35.5. The normalized spacial score (nSPS) is 11.9. The van der Waals surface area contributed by atoms with Crippen LogP contribution in [0.1, 0.15) is 24.2 Å². The number of hydrogen-bond donors (Lipinski definition) is 1. The molecule has 8 heteroatoms. The molecule has 0 bridgehead atoms. The highest BCUT2D eigenvalue weighted by Gasteiger charge is 2.23. The molecule has 0 spiro atoms. The van der Waals surface area contributed by atoms with Crippen molar-refractivity contribution in [2.45, 2.75) is 19.9 Å². The zero-order chi connectivity index (χ0) is 14.7. The summed E-state index contributed by atoms with van der Waals surface area (Å²) in [6.07, 6.45) is 3.34. The van der Waals surface area contributed by atoms with Gasteiger partial charge in [-0.2, -0.15) is 4.98 Å². The highest BCUT2D eigenvalue weighted by molar-refractivity contribution is 6.28. The van der Waals surface area contributed by atoms with E-state index in [9.17, 15) is 10.1 Å². The van der Waals surface area contributed by atoms with E-state index in [1.165, 1.54) is 6.92 Å². The Balaban J connectivity index is 2.36. The van der Waals surface area contributed by atoms with E-state index in [0.29, 0.717) is 0 Å². The van der Waals surface area contributed by atoms with Gasteiger partial charge < -0.3 is 5.32 Å². The standard InChI is InChI=1S/C12H12ClN5O2/c1-7(9-4-3-5-14-6-9)15-11-10(18(19)20)8(2)16-12(13)17-11/h3-7H,1-2H3,(H,15,16,17). The summed E-state index contributed by atoms with van der Waals surface area (Å²) < 4.78 is 0. The van der Waals surface area contributed by atoms with Crippen LogP contribution in [0, 0.1) is 17.0 Å². The molecule has 0 aliphatic rings. The summed E-state index contributed by atoms with van der Waals surface area (Å²) in [6, 6.07) is 3.46. The van der Waals surface area contributed by atoms with Crippen LogP contribution in [-0.2, 0) is 0 Å². The minimum absolute atomic E-state index is 0.0333. The molecular weight excluding hydrogens is 282 g/mol. The van der Waals surface area contributed by atoms with E-state index in [-0.39, 0.29) is 28.5 Å². The Morgan fingerprint density at radius 1 is 1.45 bits per heavy atom. The molecule has 1 unspecified atom stereocenters. The molecule has 2 aromatic heterocycles. The average molecular weight is 294 g/mol. The van der Waals surface area contributed by atoms with Gasteiger partial charge in [0.25, 0.3) is 0 Å². The van der Waals surface area contributed by atoms with Crippen LogP contribution in [0.15, 0.2) is 24.5 Å². The summed E-state index contributed by atoms with van der Waals surface area (Å²) in [4.78, 5) is 22.3. The first kappa shape index (κ1) is 14.1. The van der Waals surface area contributed by atoms with E-state index >= 15 is 0 Å². The van der Waals surface area contributed by atoms with Crippen molar-refractivity contribution >= 4 is 23.1 Å². The third kappa shape index (κ3) is 3.00. The lowest BCUT2D eigenvalue weighted by atomic mass is 10.1. The van der Waals surface area contributed by atoms with Crippen LogP contribution in [-0.4, -0.2) is 19.9 Å². The molecule has 0 fully saturated rings. The van der Waals surface area contributed by atoms with Crippen molar-refractivity contribution in [3.8, 4) is 0 Å². The Bertz CT molecular complexity index is 635. The summed E-state index contributed by atoms with van der Waals surface area (Å²) >= 11 is 5.76. The monoisotopic (exact) mass is 293 g/mol. The molecule has 2 aromatic rings. The molecular formula is C12H12ClN5O2. The molecule has 1 atom stereocenters. The molecule has 0 saturated heterocycles. The van der Waals surface area contributed by atoms with Crippen LogP contribution in [0.4, 0.5) is 11.5 Å². The van der Waals surface area contributed by atoms with Gasteiger partial charge in [0.15, 0.2) is 0 Å². The lowest BCUT2D eigenvalue weighted by molar-refractivity contribution is -0.385. The fourth-order valence-corrected chi connectivity index (χ4v) is 1.98. The van der Waals surface area contributed by atoms with Crippen molar-refractivity contribution in [2.75, 3.05) is 5.32 Å². The van der Waals surface area contributed by atoms with Gasteiger partial charge in [0.2, 0.25) is 11.1 Å². The number of hydrogen-bond acceptors (Lipinski definition) is 6. The maximum Gasteiger partial charge on any atom is 0.332 e. The summed E-state index contributed by atoms with van der Waals surface area (Å²) in [5, 5.41) is 14.0. The molecule has 104 valence electrons. The van der Waals surface area contributed by atoms with Crippen molar-refractivity contribution in [1.29, 1.82) is 0 Å². The fourth-order valence-electron chi connectivity index (χ4n) is 1.77. The predicted octanol–water partition coefficient (Wildman–Crippen LogP) is 2.91. The molecule has 7 nitrogen and oxygen atoms in total. The van der Waals surface area contributed by atoms with Crippen LogP contribution >= 0.6 is 11.6 Å². The molecule has 0 radical (unpaired) electrons. The van der Waals surface area contributed by atoms with E-state index in [1.54, 1.807) is 18.5 Å². The van der Waals surface area contributed by atoms with Gasteiger partial charge in [0.05, 0.1) is 11.0 Å². The number of pyridine rings is 1. The van der Waals surface area contributed by atoms with Crippen LogP contribution in [0.25, 0.3) is 0 Å². The number of rotatable bonds is 4. The number of aromatic nitrogens is 3. The van der Waals surface area contributed by atoms with Gasteiger partial charge in [-0.15, -0.1) is 0 Å². The number of nitrogens with one attached hydrogen (secondary N) is 1. The first-order valence-electron chi connectivity index (χ1n) is 5.84. The van der Waals surface area contributed by atoms with Crippen molar-refractivity contribution in [2.24, 2.45) is 0 Å². The van der Waals surface area contributed by atoms with Crippen molar-refractivity contribution in [3.05, 3.63) is 51.2 Å². The molecule has 2 heterocycles. The van der Waals surface area contributed by atoms with Gasteiger partial charge in [-0.1, -0.05) is 6.07 Å².